The first-order valence-corrected chi connectivity index (χ1v) is 18.0. The van der Waals surface area contributed by atoms with Crippen molar-refractivity contribution in [1.29, 1.82) is 0 Å². The number of amides is 1. The first kappa shape index (κ1) is 37.4. The molecule has 0 saturated carbocycles. The zero-order valence-corrected chi connectivity index (χ0v) is 27.3. The maximum atomic E-state index is 15.3. The molecule has 2 aromatic heterocycles. The van der Waals surface area contributed by atoms with E-state index in [4.69, 9.17) is 35.2 Å². The molecule has 0 bridgehead atoms. The molecule has 2 saturated heterocycles. The molecule has 1 amide bonds. The number of anilines is 3. The number of nitrogens with zero attached hydrogens (tertiary/aromatic N) is 4. The van der Waals surface area contributed by atoms with Gasteiger partial charge in [0, 0.05) is 18.1 Å². The summed E-state index contributed by atoms with van der Waals surface area (Å²) in [5.74, 6) is -7.69. The number of rotatable bonds is 8. The lowest BCUT2D eigenvalue weighted by Gasteiger charge is -2.25. The monoisotopic (exact) mass is 717 g/mol. The number of nitrogens with two attached hydrogens (primary N) is 2. The van der Waals surface area contributed by atoms with E-state index < -0.39 is 81.1 Å². The first-order chi connectivity index (χ1) is 22.8. The molecule has 7 N–H and O–H groups in total. The first-order valence-electron chi connectivity index (χ1n) is 14.6. The Labute approximate surface area is 276 Å². The number of alkyl halides is 4. The number of ether oxygens (including phenoxy) is 3. The highest BCUT2D eigenvalue weighted by Crippen LogP contribution is 2.44. The van der Waals surface area contributed by atoms with Gasteiger partial charge in [0.2, 0.25) is 12.5 Å². The molecule has 4 heterocycles. The van der Waals surface area contributed by atoms with E-state index in [2.05, 4.69) is 15.3 Å². The number of hydrogen-bond acceptors (Lipinski definition) is 13. The summed E-state index contributed by atoms with van der Waals surface area (Å²) in [4.78, 5) is 42.6. The quantitative estimate of drug-likeness (QED) is 0.165. The van der Waals surface area contributed by atoms with Gasteiger partial charge >= 0.3 is 29.3 Å². The molecule has 0 radical (unpaired) electrons. The SMILES string of the molecule is C[Si](C)(C)OCC1OC(n2ccc(N)nc2=O)C(F)(F)C1OC(=O)Nc1ccccc1.Nc1ccn(C2OC(CO)C(O)C2(F)F)c(=O)n1. The average molecular weight is 718 g/mol. The highest BCUT2D eigenvalue weighted by Gasteiger charge is 2.63. The zero-order valence-electron chi connectivity index (χ0n) is 26.3. The molecule has 2 aliphatic heterocycles. The van der Waals surface area contributed by atoms with Crippen molar-refractivity contribution in [1.82, 2.24) is 19.1 Å². The third kappa shape index (κ3) is 8.61. The van der Waals surface area contributed by atoms with Crippen LogP contribution in [0.25, 0.3) is 0 Å². The van der Waals surface area contributed by atoms with Crippen LogP contribution in [0.1, 0.15) is 12.5 Å². The van der Waals surface area contributed by atoms with Gasteiger partial charge in [0.1, 0.15) is 23.8 Å². The van der Waals surface area contributed by atoms with E-state index in [9.17, 15) is 28.3 Å². The Morgan fingerprint density at radius 1 is 0.918 bits per heavy atom. The summed E-state index contributed by atoms with van der Waals surface area (Å²) in [6.07, 6.45) is -10.1. The van der Waals surface area contributed by atoms with Crippen LogP contribution in [0.2, 0.25) is 19.6 Å². The molecular weight excluding hydrogens is 682 g/mol. The molecule has 1 aromatic carbocycles. The molecule has 2 fully saturated rings. The van der Waals surface area contributed by atoms with Crippen molar-refractivity contribution in [2.45, 2.75) is 68.4 Å². The van der Waals surface area contributed by atoms with Gasteiger partial charge in [-0.1, -0.05) is 18.2 Å². The van der Waals surface area contributed by atoms with Crippen molar-refractivity contribution < 1.29 is 51.2 Å². The Bertz CT molecular complexity index is 1730. The molecular formula is C28H35F4N7O9Si. The van der Waals surface area contributed by atoms with Gasteiger partial charge in [-0.25, -0.2) is 14.4 Å². The number of para-hydroxylation sites is 1. The third-order valence-electron chi connectivity index (χ3n) is 7.05. The van der Waals surface area contributed by atoms with Gasteiger partial charge in [-0.05, 0) is 43.9 Å². The summed E-state index contributed by atoms with van der Waals surface area (Å²) in [6.45, 7) is 4.62. The van der Waals surface area contributed by atoms with E-state index in [1.165, 1.54) is 6.07 Å². The second kappa shape index (κ2) is 14.6. The molecule has 3 aromatic rings. The molecule has 5 rings (SSSR count). The van der Waals surface area contributed by atoms with Crippen LogP contribution in [0.5, 0.6) is 0 Å². The molecule has 49 heavy (non-hydrogen) atoms. The highest BCUT2D eigenvalue weighted by atomic mass is 28.4. The number of aliphatic hydroxyl groups excluding tert-OH is 2. The Kier molecular flexibility index (Phi) is 11.1. The lowest BCUT2D eigenvalue weighted by Crippen LogP contribution is -2.46. The fourth-order valence-corrected chi connectivity index (χ4v) is 5.36. The Morgan fingerprint density at radius 2 is 1.43 bits per heavy atom. The van der Waals surface area contributed by atoms with E-state index >= 15 is 8.78 Å². The van der Waals surface area contributed by atoms with Crippen molar-refractivity contribution in [2.24, 2.45) is 0 Å². The maximum absolute atomic E-state index is 15.3. The molecule has 6 unspecified atom stereocenters. The van der Waals surface area contributed by atoms with Gasteiger partial charge < -0.3 is 40.3 Å². The van der Waals surface area contributed by atoms with E-state index in [1.54, 1.807) is 30.3 Å². The third-order valence-corrected chi connectivity index (χ3v) is 8.09. The minimum atomic E-state index is -3.75. The molecule has 2 aliphatic rings. The minimum absolute atomic E-state index is 0.114. The summed E-state index contributed by atoms with van der Waals surface area (Å²) < 4.78 is 80.2. The van der Waals surface area contributed by atoms with Crippen LogP contribution in [-0.4, -0.2) is 93.2 Å². The van der Waals surface area contributed by atoms with Crippen LogP contribution in [-0.2, 0) is 18.6 Å². The number of hydrogen-bond donors (Lipinski definition) is 5. The van der Waals surface area contributed by atoms with Crippen LogP contribution in [0.4, 0.5) is 39.7 Å². The van der Waals surface area contributed by atoms with Crippen molar-refractivity contribution in [3.8, 4) is 0 Å². The van der Waals surface area contributed by atoms with Crippen molar-refractivity contribution in [2.75, 3.05) is 30.0 Å². The summed E-state index contributed by atoms with van der Waals surface area (Å²) in [7, 11) is -2.10. The second-order valence-corrected chi connectivity index (χ2v) is 16.4. The van der Waals surface area contributed by atoms with Crippen LogP contribution in [0, 0.1) is 0 Å². The van der Waals surface area contributed by atoms with E-state index in [0.717, 1.165) is 18.5 Å². The second-order valence-electron chi connectivity index (χ2n) is 11.9. The van der Waals surface area contributed by atoms with Gasteiger partial charge in [0.25, 0.3) is 0 Å². The molecule has 16 nitrogen and oxygen atoms in total. The molecule has 268 valence electrons. The van der Waals surface area contributed by atoms with Gasteiger partial charge in [0.15, 0.2) is 20.5 Å². The van der Waals surface area contributed by atoms with Gasteiger partial charge in [0.05, 0.1) is 13.2 Å². The predicted octanol–water partition coefficient (Wildman–Crippen LogP) is 1.54. The van der Waals surface area contributed by atoms with E-state index in [-0.39, 0.29) is 18.2 Å². The largest absolute Gasteiger partial charge is 0.436 e. The van der Waals surface area contributed by atoms with Crippen LogP contribution >= 0.6 is 0 Å². The smallest absolute Gasteiger partial charge is 0.412 e. The number of benzene rings is 1. The van der Waals surface area contributed by atoms with Crippen LogP contribution in [0.15, 0.2) is 64.4 Å². The Balaban J connectivity index is 0.000000254. The van der Waals surface area contributed by atoms with Crippen molar-refractivity contribution in [3.05, 3.63) is 75.8 Å². The number of carbonyl (C=O) groups excluding carboxylic acids is 1. The topological polar surface area (TPSA) is 228 Å². The van der Waals surface area contributed by atoms with Gasteiger partial charge in [-0.3, -0.25) is 14.5 Å². The number of aliphatic hydroxyl groups is 2. The Morgan fingerprint density at radius 3 is 1.90 bits per heavy atom. The average Bonchev–Trinajstić information content (AvgIpc) is 3.39. The summed E-state index contributed by atoms with van der Waals surface area (Å²) in [5.41, 5.74) is 9.01. The number of nitrogen functional groups attached to an aromatic ring is 2. The minimum Gasteiger partial charge on any atom is -0.436 e. The fraction of sp³-hybridized carbons (Fsp3) is 0.464. The summed E-state index contributed by atoms with van der Waals surface area (Å²) in [6, 6.07) is 10.6. The molecule has 0 aliphatic carbocycles. The number of aromatic nitrogens is 4. The van der Waals surface area contributed by atoms with Gasteiger partial charge in [-0.15, -0.1) is 0 Å². The molecule has 0 spiro atoms. The van der Waals surface area contributed by atoms with Gasteiger partial charge in [-0.2, -0.15) is 27.5 Å². The fourth-order valence-electron chi connectivity index (χ4n) is 4.69. The number of carbonyl (C=O) groups is 1. The summed E-state index contributed by atoms with van der Waals surface area (Å²) >= 11 is 0. The number of nitrogens with one attached hydrogen (secondary N) is 1. The maximum Gasteiger partial charge on any atom is 0.412 e. The Hall–Kier alpha value is -4.41. The predicted molar refractivity (Wildman–Crippen MR) is 166 cm³/mol. The summed E-state index contributed by atoms with van der Waals surface area (Å²) in [5, 5.41) is 20.5. The highest BCUT2D eigenvalue weighted by molar-refractivity contribution is 6.69. The van der Waals surface area contributed by atoms with E-state index in [1.807, 2.05) is 19.6 Å². The lowest BCUT2D eigenvalue weighted by molar-refractivity contribution is -0.140. The molecule has 21 heteroatoms. The van der Waals surface area contributed by atoms with Crippen molar-refractivity contribution in [3.63, 3.8) is 0 Å². The zero-order chi connectivity index (χ0) is 36.3. The lowest BCUT2D eigenvalue weighted by atomic mass is 10.1. The normalized spacial score (nSPS) is 25.7. The van der Waals surface area contributed by atoms with Crippen molar-refractivity contribution >= 4 is 31.7 Å². The van der Waals surface area contributed by atoms with E-state index in [0.29, 0.717) is 14.8 Å². The molecule has 6 atom stereocenters. The standard InChI is InChI=1S/C19H24F2N4O5Si.C9H11F2N3O4/c1-31(2,3)28-11-13-15(30-18(27)23-12-7-5-4-6-8-12)19(20,21)16(29-13)25-10-9-14(22)24-17(25)26;10-9(11)6(16)4(3-15)18-7(9)14-2-1-5(12)13-8(14)17/h4-10,13,15-16H,11H2,1-3H3,(H,23,27)(H2,22,24,26);1-2,4,6-7,15-16H,3H2,(H2,12,13,17). The number of halogens is 4. The van der Waals surface area contributed by atoms with Crippen LogP contribution < -0.4 is 28.2 Å². The van der Waals surface area contributed by atoms with Crippen LogP contribution in [0.3, 0.4) is 0 Å².